The Morgan fingerprint density at radius 2 is 2.05 bits per heavy atom. The molecule has 1 unspecified atom stereocenters. The summed E-state index contributed by atoms with van der Waals surface area (Å²) in [6.45, 7) is 5.57. The topological polar surface area (TPSA) is 82.8 Å². The maximum Gasteiger partial charge on any atom is 0.321 e. The maximum atomic E-state index is 12.1. The fourth-order valence-electron chi connectivity index (χ4n) is 2.21. The van der Waals surface area contributed by atoms with Gasteiger partial charge in [-0.15, -0.1) is 0 Å². The van der Waals surface area contributed by atoms with Crippen LogP contribution in [0.3, 0.4) is 0 Å². The highest BCUT2D eigenvalue weighted by molar-refractivity contribution is 5.93. The van der Waals surface area contributed by atoms with E-state index in [1.807, 2.05) is 26.0 Å². The Hall–Kier alpha value is -2.50. The zero-order valence-electron chi connectivity index (χ0n) is 13.1. The summed E-state index contributed by atoms with van der Waals surface area (Å²) in [7, 11) is 1.57. The summed E-state index contributed by atoms with van der Waals surface area (Å²) < 4.78 is 5.60. The Morgan fingerprint density at radius 1 is 1.36 bits per heavy atom. The average molecular weight is 304 g/mol. The van der Waals surface area contributed by atoms with Crippen LogP contribution in [0.15, 0.2) is 22.6 Å². The number of nitrogens with one attached hydrogen (secondary N) is 1. The lowest BCUT2D eigenvalue weighted by Gasteiger charge is -2.20. The second-order valence-electron chi connectivity index (χ2n) is 5.54. The number of anilines is 1. The minimum atomic E-state index is -0.925. The van der Waals surface area contributed by atoms with E-state index in [4.69, 9.17) is 9.52 Å². The van der Waals surface area contributed by atoms with Gasteiger partial charge in [0.1, 0.15) is 11.3 Å². The van der Waals surface area contributed by atoms with Crippen molar-refractivity contribution in [2.75, 3.05) is 18.9 Å². The van der Waals surface area contributed by atoms with E-state index in [0.717, 1.165) is 22.3 Å². The Morgan fingerprint density at radius 3 is 2.68 bits per heavy atom. The molecular weight excluding hydrogens is 284 g/mol. The molecule has 0 fully saturated rings. The van der Waals surface area contributed by atoms with Gasteiger partial charge in [-0.1, -0.05) is 6.92 Å². The number of urea groups is 1. The van der Waals surface area contributed by atoms with Gasteiger partial charge in [-0.2, -0.15) is 0 Å². The molecule has 22 heavy (non-hydrogen) atoms. The van der Waals surface area contributed by atoms with Crippen molar-refractivity contribution in [1.82, 2.24) is 4.90 Å². The van der Waals surface area contributed by atoms with Crippen molar-refractivity contribution in [3.05, 3.63) is 29.5 Å². The van der Waals surface area contributed by atoms with Crippen molar-refractivity contribution in [3.63, 3.8) is 0 Å². The molecule has 0 saturated heterocycles. The van der Waals surface area contributed by atoms with Gasteiger partial charge in [0.2, 0.25) is 0 Å². The first-order valence-electron chi connectivity index (χ1n) is 7.04. The quantitative estimate of drug-likeness (QED) is 0.908. The van der Waals surface area contributed by atoms with E-state index in [-0.39, 0.29) is 12.6 Å². The molecule has 0 aliphatic heterocycles. The van der Waals surface area contributed by atoms with Crippen LogP contribution in [0, 0.1) is 19.8 Å². The molecule has 1 aromatic heterocycles. The first-order valence-corrected chi connectivity index (χ1v) is 7.04. The molecule has 1 heterocycles. The van der Waals surface area contributed by atoms with Gasteiger partial charge >= 0.3 is 12.0 Å². The molecule has 118 valence electrons. The third kappa shape index (κ3) is 3.21. The molecule has 6 nitrogen and oxygen atoms in total. The fraction of sp³-hybridized carbons (Fsp3) is 0.375. The zero-order valence-corrected chi connectivity index (χ0v) is 13.1. The number of aliphatic carboxylic acids is 1. The SMILES string of the molecule is Cc1oc2ccc(NC(=O)N(C)CC(C)C(=O)O)cc2c1C. The second-order valence-corrected chi connectivity index (χ2v) is 5.54. The molecule has 2 rings (SSSR count). The summed E-state index contributed by atoms with van der Waals surface area (Å²) >= 11 is 0. The molecule has 0 spiro atoms. The number of furan rings is 1. The fourth-order valence-corrected chi connectivity index (χ4v) is 2.21. The number of nitrogens with zero attached hydrogens (tertiary/aromatic N) is 1. The number of hydrogen-bond acceptors (Lipinski definition) is 3. The molecule has 2 aromatic rings. The van der Waals surface area contributed by atoms with Crippen LogP contribution in [-0.4, -0.2) is 35.6 Å². The van der Waals surface area contributed by atoms with Crippen molar-refractivity contribution in [2.24, 2.45) is 5.92 Å². The van der Waals surface area contributed by atoms with E-state index in [0.29, 0.717) is 5.69 Å². The summed E-state index contributed by atoms with van der Waals surface area (Å²) in [5.74, 6) is -0.687. The van der Waals surface area contributed by atoms with Crippen LogP contribution in [0.5, 0.6) is 0 Å². The van der Waals surface area contributed by atoms with Crippen LogP contribution in [0.25, 0.3) is 11.0 Å². The van der Waals surface area contributed by atoms with E-state index in [2.05, 4.69) is 5.32 Å². The maximum absolute atomic E-state index is 12.1. The van der Waals surface area contributed by atoms with Crippen molar-refractivity contribution in [1.29, 1.82) is 0 Å². The van der Waals surface area contributed by atoms with Gasteiger partial charge in [0, 0.05) is 24.7 Å². The second kappa shape index (κ2) is 6.09. The van der Waals surface area contributed by atoms with E-state index in [1.54, 1.807) is 20.0 Å². The van der Waals surface area contributed by atoms with Gasteiger partial charge in [0.25, 0.3) is 0 Å². The summed E-state index contributed by atoms with van der Waals surface area (Å²) in [5.41, 5.74) is 2.47. The smallest absolute Gasteiger partial charge is 0.321 e. The lowest BCUT2D eigenvalue weighted by Crippen LogP contribution is -2.36. The molecule has 0 aliphatic carbocycles. The highest BCUT2D eigenvalue weighted by Gasteiger charge is 2.17. The van der Waals surface area contributed by atoms with Crippen LogP contribution in [0.1, 0.15) is 18.2 Å². The summed E-state index contributed by atoms with van der Waals surface area (Å²) in [6, 6.07) is 5.08. The lowest BCUT2D eigenvalue weighted by molar-refractivity contribution is -0.141. The largest absolute Gasteiger partial charge is 0.481 e. The minimum absolute atomic E-state index is 0.146. The number of rotatable bonds is 4. The summed E-state index contributed by atoms with van der Waals surface area (Å²) in [6.07, 6.45) is 0. The molecule has 0 aliphatic rings. The molecule has 2 amide bonds. The first kappa shape index (κ1) is 15.9. The number of aryl methyl sites for hydroxylation is 2. The minimum Gasteiger partial charge on any atom is -0.481 e. The number of carbonyl (C=O) groups is 2. The van der Waals surface area contributed by atoms with Crippen molar-refractivity contribution < 1.29 is 19.1 Å². The highest BCUT2D eigenvalue weighted by atomic mass is 16.4. The van der Waals surface area contributed by atoms with Gasteiger partial charge in [-0.3, -0.25) is 4.79 Å². The molecule has 0 saturated carbocycles. The Kier molecular flexibility index (Phi) is 4.40. The molecular formula is C16H20N2O4. The van der Waals surface area contributed by atoms with Crippen molar-refractivity contribution in [3.8, 4) is 0 Å². The monoisotopic (exact) mass is 304 g/mol. The number of fused-ring (bicyclic) bond motifs is 1. The average Bonchev–Trinajstić information content (AvgIpc) is 2.74. The van der Waals surface area contributed by atoms with Gasteiger partial charge in [0.15, 0.2) is 0 Å². The van der Waals surface area contributed by atoms with Crippen LogP contribution in [0.2, 0.25) is 0 Å². The Labute approximate surface area is 128 Å². The molecule has 1 atom stereocenters. The molecule has 2 N–H and O–H groups in total. The van der Waals surface area contributed by atoms with E-state index >= 15 is 0 Å². The zero-order chi connectivity index (χ0) is 16.4. The summed E-state index contributed by atoms with van der Waals surface area (Å²) in [5, 5.41) is 12.6. The third-order valence-corrected chi connectivity index (χ3v) is 3.74. The van der Waals surface area contributed by atoms with Gasteiger partial charge in [-0.05, 0) is 37.6 Å². The standard InChI is InChI=1S/C16H20N2O4/c1-9(15(19)20)8-18(4)16(21)17-12-5-6-14-13(7-12)10(2)11(3)22-14/h5-7,9H,8H2,1-4H3,(H,17,21)(H,19,20). The highest BCUT2D eigenvalue weighted by Crippen LogP contribution is 2.27. The first-order chi connectivity index (χ1) is 10.3. The molecule has 0 bridgehead atoms. The van der Waals surface area contributed by atoms with Crippen LogP contribution in [-0.2, 0) is 4.79 Å². The van der Waals surface area contributed by atoms with Crippen molar-refractivity contribution >= 4 is 28.7 Å². The molecule has 0 radical (unpaired) electrons. The predicted octanol–water partition coefficient (Wildman–Crippen LogP) is 3.23. The van der Waals surface area contributed by atoms with Crippen LogP contribution < -0.4 is 5.32 Å². The predicted molar refractivity (Wildman–Crippen MR) is 84.1 cm³/mol. The van der Waals surface area contributed by atoms with Gasteiger partial charge in [0.05, 0.1) is 5.92 Å². The molecule has 6 heteroatoms. The van der Waals surface area contributed by atoms with Gasteiger partial charge in [-0.25, -0.2) is 4.79 Å². The number of amides is 2. The van der Waals surface area contributed by atoms with E-state index in [9.17, 15) is 9.59 Å². The lowest BCUT2D eigenvalue weighted by atomic mass is 10.1. The third-order valence-electron chi connectivity index (χ3n) is 3.74. The van der Waals surface area contributed by atoms with E-state index < -0.39 is 11.9 Å². The Bertz CT molecular complexity index is 720. The number of carboxylic acids is 1. The summed E-state index contributed by atoms with van der Waals surface area (Å²) in [4.78, 5) is 24.3. The van der Waals surface area contributed by atoms with Gasteiger partial charge < -0.3 is 19.7 Å². The normalized spacial score (nSPS) is 12.2. The van der Waals surface area contributed by atoms with Crippen molar-refractivity contribution in [2.45, 2.75) is 20.8 Å². The van der Waals surface area contributed by atoms with E-state index in [1.165, 1.54) is 4.90 Å². The number of hydrogen-bond donors (Lipinski definition) is 2. The molecule has 1 aromatic carbocycles. The number of benzene rings is 1. The van der Waals surface area contributed by atoms with Crippen LogP contribution >= 0.6 is 0 Å². The Balaban J connectivity index is 2.11. The number of carboxylic acid groups (broad SMARTS) is 1. The number of carbonyl (C=O) groups excluding carboxylic acids is 1. The van der Waals surface area contributed by atoms with Crippen LogP contribution in [0.4, 0.5) is 10.5 Å².